The number of aromatic nitrogens is 4. The fraction of sp³-hybridized carbons (Fsp3) is 0.0833. The van der Waals surface area contributed by atoms with Crippen molar-refractivity contribution in [1.82, 2.24) is 19.6 Å². The Balaban J connectivity index is 1.67. The van der Waals surface area contributed by atoms with Crippen LogP contribution in [-0.4, -0.2) is 32.6 Å². The lowest BCUT2D eigenvalue weighted by Crippen LogP contribution is -2.15. The maximum absolute atomic E-state index is 13.5. The van der Waals surface area contributed by atoms with Gasteiger partial charge in [0.15, 0.2) is 5.65 Å². The van der Waals surface area contributed by atoms with E-state index in [1.54, 1.807) is 17.8 Å². The first-order valence-corrected chi connectivity index (χ1v) is 9.78. The monoisotopic (exact) mass is 409 g/mol. The van der Waals surface area contributed by atoms with Crippen molar-refractivity contribution in [3.05, 3.63) is 84.3 Å². The Kier molecular flexibility index (Phi) is 4.55. The highest BCUT2D eigenvalue weighted by Crippen LogP contribution is 2.29. The van der Waals surface area contributed by atoms with Gasteiger partial charge in [-0.3, -0.25) is 9.20 Å². The number of anilines is 1. The highest BCUT2D eigenvalue weighted by atomic mass is 16.5. The van der Waals surface area contributed by atoms with Gasteiger partial charge in [-0.1, -0.05) is 30.3 Å². The Hall–Kier alpha value is -4.26. The predicted octanol–water partition coefficient (Wildman–Crippen LogP) is 4.51. The number of benzene rings is 2. The van der Waals surface area contributed by atoms with Crippen LogP contribution in [0.3, 0.4) is 0 Å². The molecule has 3 aromatic heterocycles. The van der Waals surface area contributed by atoms with Gasteiger partial charge in [0.05, 0.1) is 29.6 Å². The van der Waals surface area contributed by atoms with E-state index in [1.165, 1.54) is 0 Å². The molecule has 0 saturated heterocycles. The molecule has 5 aromatic rings. The number of hydrogen-bond donors (Lipinski definition) is 1. The van der Waals surface area contributed by atoms with Crippen molar-refractivity contribution < 1.29 is 9.53 Å². The molecule has 7 heteroatoms. The quantitative estimate of drug-likeness (QED) is 0.472. The lowest BCUT2D eigenvalue weighted by atomic mass is 10.0. The third kappa shape index (κ3) is 3.36. The summed E-state index contributed by atoms with van der Waals surface area (Å²) in [6.07, 6.45) is 3.46. The standard InChI is InChI=1S/C24H19N5O2/c1-15-10-11-29-14-25-28-23(29)22(15)27-24(30)19-13-21(16-6-4-3-5-7-16)26-20-9-8-17(31-2)12-18(19)20/h3-14H,1-2H3,(H,27,30). The Bertz CT molecular complexity index is 1430. The zero-order valence-corrected chi connectivity index (χ0v) is 17.0. The minimum absolute atomic E-state index is 0.253. The van der Waals surface area contributed by atoms with E-state index in [0.29, 0.717) is 33.6 Å². The first-order chi connectivity index (χ1) is 15.1. The number of fused-ring (bicyclic) bond motifs is 2. The maximum atomic E-state index is 13.5. The third-order valence-corrected chi connectivity index (χ3v) is 5.24. The van der Waals surface area contributed by atoms with Crippen molar-refractivity contribution in [2.24, 2.45) is 0 Å². The lowest BCUT2D eigenvalue weighted by molar-refractivity contribution is 0.102. The highest BCUT2D eigenvalue weighted by Gasteiger charge is 2.18. The van der Waals surface area contributed by atoms with Crippen LogP contribution in [0.5, 0.6) is 5.75 Å². The largest absolute Gasteiger partial charge is 0.497 e. The van der Waals surface area contributed by atoms with Gasteiger partial charge >= 0.3 is 0 Å². The van der Waals surface area contributed by atoms with Gasteiger partial charge in [-0.05, 0) is 42.8 Å². The summed E-state index contributed by atoms with van der Waals surface area (Å²) in [6, 6.07) is 19.0. The van der Waals surface area contributed by atoms with Crippen molar-refractivity contribution in [2.45, 2.75) is 6.92 Å². The Labute approximate surface area is 178 Å². The number of pyridine rings is 2. The van der Waals surface area contributed by atoms with Gasteiger partial charge in [0.1, 0.15) is 12.1 Å². The molecule has 0 aliphatic carbocycles. The normalized spacial score (nSPS) is 11.0. The van der Waals surface area contributed by atoms with Crippen LogP contribution in [0.4, 0.5) is 5.69 Å². The van der Waals surface area contributed by atoms with Gasteiger partial charge in [-0.2, -0.15) is 0 Å². The van der Waals surface area contributed by atoms with Gasteiger partial charge in [0, 0.05) is 17.1 Å². The van der Waals surface area contributed by atoms with Crippen molar-refractivity contribution in [2.75, 3.05) is 12.4 Å². The van der Waals surface area contributed by atoms with E-state index >= 15 is 0 Å². The molecule has 1 N–H and O–H groups in total. The van der Waals surface area contributed by atoms with Crippen LogP contribution in [0.25, 0.3) is 27.8 Å². The van der Waals surface area contributed by atoms with Crippen molar-refractivity contribution in [1.29, 1.82) is 0 Å². The van der Waals surface area contributed by atoms with E-state index in [0.717, 1.165) is 16.8 Å². The second kappa shape index (κ2) is 7.53. The molecule has 7 nitrogen and oxygen atoms in total. The number of carbonyl (C=O) groups excluding carboxylic acids is 1. The second-order valence-corrected chi connectivity index (χ2v) is 7.19. The van der Waals surface area contributed by atoms with Crippen LogP contribution >= 0.6 is 0 Å². The molecule has 0 spiro atoms. The number of amides is 1. The molecule has 0 fully saturated rings. The summed E-state index contributed by atoms with van der Waals surface area (Å²) in [5, 5.41) is 11.8. The summed E-state index contributed by atoms with van der Waals surface area (Å²) in [6.45, 7) is 1.92. The molecule has 3 heterocycles. The van der Waals surface area contributed by atoms with Gasteiger partial charge in [0.25, 0.3) is 5.91 Å². The third-order valence-electron chi connectivity index (χ3n) is 5.24. The van der Waals surface area contributed by atoms with Crippen LogP contribution in [-0.2, 0) is 0 Å². The number of hydrogen-bond acceptors (Lipinski definition) is 5. The summed E-state index contributed by atoms with van der Waals surface area (Å²) in [4.78, 5) is 18.3. The van der Waals surface area contributed by atoms with Crippen LogP contribution in [0, 0.1) is 6.92 Å². The van der Waals surface area contributed by atoms with E-state index in [-0.39, 0.29) is 5.91 Å². The molecule has 1 amide bonds. The molecular formula is C24H19N5O2. The number of methoxy groups -OCH3 is 1. The van der Waals surface area contributed by atoms with Crippen molar-refractivity contribution in [3.8, 4) is 17.0 Å². The average molecular weight is 409 g/mol. The van der Waals surface area contributed by atoms with Crippen LogP contribution in [0.2, 0.25) is 0 Å². The molecule has 0 aliphatic heterocycles. The molecule has 0 saturated carbocycles. The molecule has 152 valence electrons. The Morgan fingerprint density at radius 2 is 1.90 bits per heavy atom. The smallest absolute Gasteiger partial charge is 0.256 e. The molecule has 31 heavy (non-hydrogen) atoms. The molecule has 0 bridgehead atoms. The summed E-state index contributed by atoms with van der Waals surface area (Å²) >= 11 is 0. The van der Waals surface area contributed by atoms with Crippen molar-refractivity contribution >= 4 is 28.1 Å². The number of aryl methyl sites for hydroxylation is 1. The molecule has 0 atom stereocenters. The predicted molar refractivity (Wildman–Crippen MR) is 119 cm³/mol. The number of carbonyl (C=O) groups is 1. The fourth-order valence-corrected chi connectivity index (χ4v) is 3.59. The molecule has 5 rings (SSSR count). The summed E-state index contributed by atoms with van der Waals surface area (Å²) < 4.78 is 7.15. The van der Waals surface area contributed by atoms with E-state index in [1.807, 2.05) is 73.8 Å². The first-order valence-electron chi connectivity index (χ1n) is 9.78. The molecule has 0 radical (unpaired) electrons. The zero-order chi connectivity index (χ0) is 21.4. The number of ether oxygens (including phenoxy) is 1. The summed E-state index contributed by atoms with van der Waals surface area (Å²) in [7, 11) is 1.60. The Morgan fingerprint density at radius 1 is 1.06 bits per heavy atom. The zero-order valence-electron chi connectivity index (χ0n) is 17.0. The van der Waals surface area contributed by atoms with E-state index < -0.39 is 0 Å². The summed E-state index contributed by atoms with van der Waals surface area (Å²) in [5.74, 6) is 0.406. The molecule has 0 aliphatic rings. The average Bonchev–Trinajstić information content (AvgIpc) is 3.29. The fourth-order valence-electron chi connectivity index (χ4n) is 3.59. The summed E-state index contributed by atoms with van der Waals surface area (Å²) in [5.41, 5.74) is 4.99. The first kappa shape index (κ1) is 18.7. The van der Waals surface area contributed by atoms with E-state index in [9.17, 15) is 4.79 Å². The minimum atomic E-state index is -0.253. The van der Waals surface area contributed by atoms with Gasteiger partial charge < -0.3 is 10.1 Å². The van der Waals surface area contributed by atoms with Gasteiger partial charge in [-0.25, -0.2) is 4.98 Å². The minimum Gasteiger partial charge on any atom is -0.497 e. The second-order valence-electron chi connectivity index (χ2n) is 7.19. The lowest BCUT2D eigenvalue weighted by Gasteiger charge is -2.13. The number of nitrogens with one attached hydrogen (secondary N) is 1. The molecule has 2 aromatic carbocycles. The van der Waals surface area contributed by atoms with E-state index in [2.05, 4.69) is 15.5 Å². The van der Waals surface area contributed by atoms with Gasteiger partial charge in [0.2, 0.25) is 0 Å². The molecule has 0 unspecified atom stereocenters. The van der Waals surface area contributed by atoms with Gasteiger partial charge in [-0.15, -0.1) is 10.2 Å². The maximum Gasteiger partial charge on any atom is 0.256 e. The van der Waals surface area contributed by atoms with Crippen LogP contribution in [0.1, 0.15) is 15.9 Å². The SMILES string of the molecule is COc1ccc2nc(-c3ccccc3)cc(C(=O)Nc3c(C)ccn4cnnc34)c2c1. The highest BCUT2D eigenvalue weighted by molar-refractivity contribution is 6.14. The number of nitrogens with zero attached hydrogens (tertiary/aromatic N) is 4. The molecular weight excluding hydrogens is 390 g/mol. The Morgan fingerprint density at radius 3 is 2.71 bits per heavy atom. The number of rotatable bonds is 4. The van der Waals surface area contributed by atoms with Crippen LogP contribution < -0.4 is 10.1 Å². The van der Waals surface area contributed by atoms with E-state index in [4.69, 9.17) is 9.72 Å². The topological polar surface area (TPSA) is 81.4 Å². The van der Waals surface area contributed by atoms with Crippen molar-refractivity contribution in [3.63, 3.8) is 0 Å². The van der Waals surface area contributed by atoms with Crippen LogP contribution in [0.15, 0.2) is 73.2 Å².